The Hall–Kier alpha value is -1.58. The number of ether oxygens (including phenoxy) is 1. The molecule has 0 heterocycles. The molecule has 0 N–H and O–H groups in total. The van der Waals surface area contributed by atoms with Gasteiger partial charge in [-0.15, -0.1) is 0 Å². The van der Waals surface area contributed by atoms with Crippen LogP contribution in [0, 0.1) is 5.82 Å². The van der Waals surface area contributed by atoms with Gasteiger partial charge in [0.25, 0.3) is 0 Å². The number of Topliss-reactive ketones (excluding diaryl/α,β-unsaturated/α-hetero) is 1. The molecule has 2 aromatic rings. The van der Waals surface area contributed by atoms with Crippen molar-refractivity contribution in [2.45, 2.75) is 6.92 Å². The van der Waals surface area contributed by atoms with Gasteiger partial charge in [-0.2, -0.15) is 0 Å². The van der Waals surface area contributed by atoms with Gasteiger partial charge in [0.05, 0.1) is 10.0 Å². The summed E-state index contributed by atoms with van der Waals surface area (Å²) in [5.41, 5.74) is 0.486. The van der Waals surface area contributed by atoms with Crippen molar-refractivity contribution in [3.05, 3.63) is 57.8 Å². The molecule has 0 radical (unpaired) electrons. The van der Waals surface area contributed by atoms with E-state index in [2.05, 4.69) is 0 Å². The molecule has 19 heavy (non-hydrogen) atoms. The maximum atomic E-state index is 13.3. The van der Waals surface area contributed by atoms with E-state index in [-0.39, 0.29) is 21.6 Å². The third kappa shape index (κ3) is 3.25. The summed E-state index contributed by atoms with van der Waals surface area (Å²) in [5.74, 6) is -0.0469. The molecule has 0 saturated carbocycles. The number of ketones is 1. The van der Waals surface area contributed by atoms with Crippen molar-refractivity contribution >= 4 is 29.0 Å². The lowest BCUT2D eigenvalue weighted by Gasteiger charge is -2.08. The minimum absolute atomic E-state index is 0.0189. The predicted molar refractivity (Wildman–Crippen MR) is 72.9 cm³/mol. The number of hydrogen-bond donors (Lipinski definition) is 0. The summed E-state index contributed by atoms with van der Waals surface area (Å²) in [7, 11) is 0. The van der Waals surface area contributed by atoms with Crippen molar-refractivity contribution < 1.29 is 13.9 Å². The number of halogens is 3. The summed E-state index contributed by atoms with van der Waals surface area (Å²) >= 11 is 11.6. The Morgan fingerprint density at radius 2 is 1.84 bits per heavy atom. The van der Waals surface area contributed by atoms with Gasteiger partial charge in [0.1, 0.15) is 17.3 Å². The fourth-order valence-corrected chi connectivity index (χ4v) is 1.81. The predicted octanol–water partition coefficient (Wildman–Crippen LogP) is 5.13. The average Bonchev–Trinajstić information content (AvgIpc) is 2.36. The van der Waals surface area contributed by atoms with Crippen molar-refractivity contribution in [3.63, 3.8) is 0 Å². The third-order valence-electron chi connectivity index (χ3n) is 2.46. The average molecular weight is 299 g/mol. The number of rotatable bonds is 3. The summed E-state index contributed by atoms with van der Waals surface area (Å²) in [6, 6.07) is 8.75. The second-order valence-electron chi connectivity index (χ2n) is 3.88. The summed E-state index contributed by atoms with van der Waals surface area (Å²) in [4.78, 5) is 11.2. The van der Waals surface area contributed by atoms with E-state index < -0.39 is 5.82 Å². The highest BCUT2D eigenvalue weighted by Gasteiger charge is 2.08. The van der Waals surface area contributed by atoms with Crippen LogP contribution in [0.1, 0.15) is 17.3 Å². The highest BCUT2D eigenvalue weighted by Crippen LogP contribution is 2.31. The summed E-state index contributed by atoms with van der Waals surface area (Å²) in [6.07, 6.45) is 0. The molecule has 98 valence electrons. The Morgan fingerprint density at radius 3 is 2.42 bits per heavy atom. The third-order valence-corrected chi connectivity index (χ3v) is 3.06. The first-order valence-electron chi connectivity index (χ1n) is 5.41. The van der Waals surface area contributed by atoms with Crippen LogP contribution in [0.5, 0.6) is 11.5 Å². The monoisotopic (exact) mass is 298 g/mol. The van der Waals surface area contributed by atoms with Gasteiger partial charge in [0.15, 0.2) is 5.78 Å². The van der Waals surface area contributed by atoms with Crippen molar-refractivity contribution in [2.75, 3.05) is 0 Å². The van der Waals surface area contributed by atoms with Gasteiger partial charge < -0.3 is 4.74 Å². The Kier molecular flexibility index (Phi) is 4.08. The van der Waals surface area contributed by atoms with E-state index in [0.717, 1.165) is 6.07 Å². The van der Waals surface area contributed by atoms with E-state index in [1.807, 2.05) is 0 Å². The van der Waals surface area contributed by atoms with Gasteiger partial charge in [-0.1, -0.05) is 23.2 Å². The van der Waals surface area contributed by atoms with Crippen LogP contribution < -0.4 is 4.74 Å². The zero-order valence-corrected chi connectivity index (χ0v) is 11.4. The Balaban J connectivity index is 2.28. The van der Waals surface area contributed by atoms with E-state index in [1.165, 1.54) is 25.1 Å². The Labute approximate surface area is 119 Å². The van der Waals surface area contributed by atoms with Crippen LogP contribution >= 0.6 is 23.2 Å². The first-order valence-corrected chi connectivity index (χ1v) is 6.16. The molecule has 0 atom stereocenters. The van der Waals surface area contributed by atoms with Gasteiger partial charge in [0, 0.05) is 11.6 Å². The van der Waals surface area contributed by atoms with Crippen molar-refractivity contribution in [1.29, 1.82) is 0 Å². The van der Waals surface area contributed by atoms with E-state index in [9.17, 15) is 9.18 Å². The fourth-order valence-electron chi connectivity index (χ4n) is 1.47. The molecule has 0 saturated heterocycles. The van der Waals surface area contributed by atoms with Crippen molar-refractivity contribution in [2.24, 2.45) is 0 Å². The summed E-state index contributed by atoms with van der Waals surface area (Å²) in [5, 5.41) is 0.299. The first-order chi connectivity index (χ1) is 8.97. The second-order valence-corrected chi connectivity index (χ2v) is 4.69. The molecule has 2 aromatic carbocycles. The smallest absolute Gasteiger partial charge is 0.159 e. The first kappa shape index (κ1) is 13.8. The van der Waals surface area contributed by atoms with Crippen LogP contribution in [0.2, 0.25) is 10.0 Å². The lowest BCUT2D eigenvalue weighted by Crippen LogP contribution is -1.93. The second kappa shape index (κ2) is 5.59. The van der Waals surface area contributed by atoms with Crippen molar-refractivity contribution in [3.8, 4) is 11.5 Å². The zero-order chi connectivity index (χ0) is 14.0. The molecule has 2 rings (SSSR count). The highest BCUT2D eigenvalue weighted by molar-refractivity contribution is 6.32. The largest absolute Gasteiger partial charge is 0.456 e. The Morgan fingerprint density at radius 1 is 1.11 bits per heavy atom. The molecule has 0 aliphatic heterocycles. The minimum atomic E-state index is -0.573. The molecule has 0 unspecified atom stereocenters. The van der Waals surface area contributed by atoms with Crippen LogP contribution in [-0.4, -0.2) is 5.78 Å². The lowest BCUT2D eigenvalue weighted by molar-refractivity contribution is 0.101. The molecule has 2 nitrogen and oxygen atoms in total. The highest BCUT2D eigenvalue weighted by atomic mass is 35.5. The Bertz CT molecular complexity index is 641. The molecular weight excluding hydrogens is 290 g/mol. The number of carbonyl (C=O) groups excluding carboxylic acids is 1. The van der Waals surface area contributed by atoms with E-state index in [0.29, 0.717) is 11.3 Å². The van der Waals surface area contributed by atoms with E-state index in [4.69, 9.17) is 27.9 Å². The van der Waals surface area contributed by atoms with Gasteiger partial charge in [0.2, 0.25) is 0 Å². The zero-order valence-electron chi connectivity index (χ0n) is 9.91. The molecule has 5 heteroatoms. The fraction of sp³-hybridized carbons (Fsp3) is 0.0714. The normalized spacial score (nSPS) is 10.3. The minimum Gasteiger partial charge on any atom is -0.456 e. The number of benzene rings is 2. The molecule has 0 bridgehead atoms. The maximum Gasteiger partial charge on any atom is 0.159 e. The quantitative estimate of drug-likeness (QED) is 0.735. The standard InChI is InChI=1S/C14H9Cl2FO2/c1-8(18)9-2-5-14(12(16)6-9)19-10-3-4-11(15)13(17)7-10/h2-7H,1H3. The van der Waals surface area contributed by atoms with E-state index in [1.54, 1.807) is 12.1 Å². The SMILES string of the molecule is CC(=O)c1ccc(Oc2ccc(Cl)c(F)c2)c(Cl)c1. The molecule has 0 aliphatic rings. The molecule has 0 fully saturated rings. The van der Waals surface area contributed by atoms with Crippen LogP contribution in [-0.2, 0) is 0 Å². The van der Waals surface area contributed by atoms with Crippen LogP contribution in [0.4, 0.5) is 4.39 Å². The van der Waals surface area contributed by atoms with Gasteiger partial charge in [-0.05, 0) is 37.3 Å². The van der Waals surface area contributed by atoms with Gasteiger partial charge >= 0.3 is 0 Å². The van der Waals surface area contributed by atoms with Gasteiger partial charge in [-0.3, -0.25) is 4.79 Å². The van der Waals surface area contributed by atoms with Crippen LogP contribution in [0.15, 0.2) is 36.4 Å². The molecule has 0 spiro atoms. The molecule has 0 amide bonds. The van der Waals surface area contributed by atoms with Crippen molar-refractivity contribution in [1.82, 2.24) is 0 Å². The maximum absolute atomic E-state index is 13.3. The molecule has 0 aliphatic carbocycles. The van der Waals surface area contributed by atoms with Crippen LogP contribution in [0.25, 0.3) is 0 Å². The summed E-state index contributed by atoms with van der Waals surface area (Å²) in [6.45, 7) is 1.45. The number of hydrogen-bond acceptors (Lipinski definition) is 2. The topological polar surface area (TPSA) is 26.3 Å². The van der Waals surface area contributed by atoms with Gasteiger partial charge in [-0.25, -0.2) is 4.39 Å². The van der Waals surface area contributed by atoms with E-state index >= 15 is 0 Å². The lowest BCUT2D eigenvalue weighted by atomic mass is 10.1. The van der Waals surface area contributed by atoms with Crippen LogP contribution in [0.3, 0.4) is 0 Å². The molecular formula is C14H9Cl2FO2. The molecule has 0 aromatic heterocycles. The number of carbonyl (C=O) groups is 1. The summed E-state index contributed by atoms with van der Waals surface area (Å²) < 4.78 is 18.7.